The second-order valence-electron chi connectivity index (χ2n) is 5.99. The lowest BCUT2D eigenvalue weighted by Gasteiger charge is -2.14. The third-order valence-corrected chi connectivity index (χ3v) is 4.15. The van der Waals surface area contributed by atoms with Gasteiger partial charge in [-0.3, -0.25) is 14.6 Å². The third kappa shape index (κ3) is 4.87. The van der Waals surface area contributed by atoms with E-state index in [1.807, 2.05) is 30.3 Å². The van der Waals surface area contributed by atoms with Crippen LogP contribution in [0.4, 0.5) is 0 Å². The molecule has 0 saturated heterocycles. The fraction of sp³-hybridized carbons (Fsp3) is 0.316. The van der Waals surface area contributed by atoms with Gasteiger partial charge < -0.3 is 15.4 Å². The molecule has 3 rings (SSSR count). The number of nitrogens with one attached hydrogen (secondary N) is 2. The van der Waals surface area contributed by atoms with Crippen LogP contribution in [0.5, 0.6) is 0 Å². The van der Waals surface area contributed by atoms with Crippen molar-refractivity contribution in [1.29, 1.82) is 0 Å². The lowest BCUT2D eigenvalue weighted by molar-refractivity contribution is -0.131. The van der Waals surface area contributed by atoms with Crippen LogP contribution in [0.3, 0.4) is 0 Å². The number of benzene rings is 1. The van der Waals surface area contributed by atoms with Gasteiger partial charge in [0, 0.05) is 18.9 Å². The fourth-order valence-corrected chi connectivity index (χ4v) is 2.93. The van der Waals surface area contributed by atoms with E-state index in [0.717, 1.165) is 18.4 Å². The van der Waals surface area contributed by atoms with Crippen molar-refractivity contribution in [1.82, 2.24) is 15.6 Å². The molecule has 2 N–H and O–H groups in total. The van der Waals surface area contributed by atoms with Crippen molar-refractivity contribution in [2.75, 3.05) is 13.2 Å². The van der Waals surface area contributed by atoms with E-state index in [0.29, 0.717) is 6.54 Å². The fourth-order valence-electron chi connectivity index (χ4n) is 2.93. The van der Waals surface area contributed by atoms with Gasteiger partial charge in [-0.15, -0.1) is 0 Å². The number of aromatic nitrogens is 1. The van der Waals surface area contributed by atoms with Gasteiger partial charge in [-0.05, 0) is 35.6 Å². The standard InChI is InChI=1S/C19H21N3O3/c23-18(21-11-14-4-3-9-20-10-14)12-25-13-19(24)22-17-8-7-15-5-1-2-6-16(15)17/h1-6,9-10,17H,7-8,11-13H2,(H,21,23)(H,22,24)/t17-/m1/s1. The van der Waals surface area contributed by atoms with Crippen LogP contribution in [0.1, 0.15) is 29.2 Å². The first-order valence-corrected chi connectivity index (χ1v) is 8.33. The number of carbonyl (C=O) groups excluding carboxylic acids is 2. The van der Waals surface area contributed by atoms with Gasteiger partial charge in [0.1, 0.15) is 13.2 Å². The SMILES string of the molecule is O=C(COCC(=O)N[C@@H]1CCc2ccccc21)NCc1cccnc1. The molecule has 1 aliphatic carbocycles. The second kappa shape index (κ2) is 8.39. The zero-order chi connectivity index (χ0) is 17.5. The Kier molecular flexibility index (Phi) is 5.74. The molecule has 130 valence electrons. The van der Waals surface area contributed by atoms with E-state index in [2.05, 4.69) is 21.7 Å². The smallest absolute Gasteiger partial charge is 0.246 e. The van der Waals surface area contributed by atoms with Gasteiger partial charge in [-0.25, -0.2) is 0 Å². The Morgan fingerprint density at radius 2 is 1.96 bits per heavy atom. The van der Waals surface area contributed by atoms with E-state index < -0.39 is 0 Å². The molecule has 1 aromatic heterocycles. The van der Waals surface area contributed by atoms with Crippen LogP contribution in [0.25, 0.3) is 0 Å². The molecule has 0 saturated carbocycles. The monoisotopic (exact) mass is 339 g/mol. The molecule has 0 bridgehead atoms. The molecule has 2 aromatic rings. The maximum Gasteiger partial charge on any atom is 0.246 e. The first-order valence-electron chi connectivity index (χ1n) is 8.33. The highest BCUT2D eigenvalue weighted by molar-refractivity contribution is 5.80. The number of hydrogen-bond donors (Lipinski definition) is 2. The maximum absolute atomic E-state index is 12.0. The van der Waals surface area contributed by atoms with Crippen LogP contribution in [0.2, 0.25) is 0 Å². The molecule has 6 heteroatoms. The van der Waals surface area contributed by atoms with Crippen molar-refractivity contribution >= 4 is 11.8 Å². The van der Waals surface area contributed by atoms with Gasteiger partial charge in [0.05, 0.1) is 6.04 Å². The van der Waals surface area contributed by atoms with Crippen molar-refractivity contribution in [3.05, 3.63) is 65.5 Å². The lowest BCUT2D eigenvalue weighted by atomic mass is 10.1. The van der Waals surface area contributed by atoms with Crippen LogP contribution in [-0.4, -0.2) is 30.0 Å². The van der Waals surface area contributed by atoms with Gasteiger partial charge in [0.2, 0.25) is 11.8 Å². The van der Waals surface area contributed by atoms with Gasteiger partial charge in [0.25, 0.3) is 0 Å². The average Bonchev–Trinajstić information content (AvgIpc) is 3.04. The number of carbonyl (C=O) groups is 2. The number of aryl methyl sites for hydroxylation is 1. The summed E-state index contributed by atoms with van der Waals surface area (Å²) in [4.78, 5) is 27.7. The first-order chi connectivity index (χ1) is 12.2. The molecule has 1 aromatic carbocycles. The average molecular weight is 339 g/mol. The molecule has 1 heterocycles. The Labute approximate surface area is 146 Å². The van der Waals surface area contributed by atoms with Gasteiger partial charge in [0.15, 0.2) is 0 Å². The van der Waals surface area contributed by atoms with Gasteiger partial charge in [-0.2, -0.15) is 0 Å². The van der Waals surface area contributed by atoms with E-state index in [-0.39, 0.29) is 31.1 Å². The van der Waals surface area contributed by atoms with Crippen molar-refractivity contribution in [3.63, 3.8) is 0 Å². The number of ether oxygens (including phenoxy) is 1. The highest BCUT2D eigenvalue weighted by Crippen LogP contribution is 2.30. The molecule has 25 heavy (non-hydrogen) atoms. The van der Waals surface area contributed by atoms with Crippen LogP contribution < -0.4 is 10.6 Å². The van der Waals surface area contributed by atoms with Gasteiger partial charge >= 0.3 is 0 Å². The topological polar surface area (TPSA) is 80.3 Å². The summed E-state index contributed by atoms with van der Waals surface area (Å²) in [5.74, 6) is -0.468. The van der Waals surface area contributed by atoms with Crippen LogP contribution in [-0.2, 0) is 27.3 Å². The second-order valence-corrected chi connectivity index (χ2v) is 5.99. The highest BCUT2D eigenvalue weighted by Gasteiger charge is 2.23. The Morgan fingerprint density at radius 3 is 2.80 bits per heavy atom. The van der Waals surface area contributed by atoms with E-state index in [4.69, 9.17) is 4.74 Å². The minimum absolute atomic E-state index is 0.0340. The summed E-state index contributed by atoms with van der Waals surface area (Å²) in [6.45, 7) is 0.120. The Morgan fingerprint density at radius 1 is 1.12 bits per heavy atom. The number of amides is 2. The molecule has 2 amide bonds. The minimum Gasteiger partial charge on any atom is -0.362 e. The van der Waals surface area contributed by atoms with E-state index in [1.165, 1.54) is 11.1 Å². The van der Waals surface area contributed by atoms with E-state index in [9.17, 15) is 9.59 Å². The van der Waals surface area contributed by atoms with E-state index >= 15 is 0 Å². The summed E-state index contributed by atoms with van der Waals surface area (Å²) in [6, 6.07) is 11.8. The number of hydrogen-bond acceptors (Lipinski definition) is 4. The maximum atomic E-state index is 12.0. The summed E-state index contributed by atoms with van der Waals surface area (Å²) in [5.41, 5.74) is 3.36. The predicted molar refractivity (Wildman–Crippen MR) is 92.5 cm³/mol. The summed E-state index contributed by atoms with van der Waals surface area (Å²) < 4.78 is 5.20. The molecule has 0 spiro atoms. The molecule has 0 radical (unpaired) electrons. The largest absolute Gasteiger partial charge is 0.362 e. The predicted octanol–water partition coefficient (Wildman–Crippen LogP) is 1.52. The Balaban J connectivity index is 1.35. The molecule has 6 nitrogen and oxygen atoms in total. The number of fused-ring (bicyclic) bond motifs is 1. The number of nitrogens with zero attached hydrogens (tertiary/aromatic N) is 1. The van der Waals surface area contributed by atoms with Crippen molar-refractivity contribution in [3.8, 4) is 0 Å². The quantitative estimate of drug-likeness (QED) is 0.801. The molecular weight excluding hydrogens is 318 g/mol. The zero-order valence-corrected chi connectivity index (χ0v) is 13.9. The first kappa shape index (κ1) is 17.1. The summed E-state index contributed by atoms with van der Waals surface area (Å²) in [6.07, 6.45) is 5.24. The van der Waals surface area contributed by atoms with Crippen molar-refractivity contribution in [2.24, 2.45) is 0 Å². The molecule has 0 unspecified atom stereocenters. The molecule has 0 aliphatic heterocycles. The molecular formula is C19H21N3O3. The Bertz CT molecular complexity index is 734. The number of pyridine rings is 1. The molecule has 0 fully saturated rings. The summed E-state index contributed by atoms with van der Waals surface area (Å²) in [5, 5.41) is 5.69. The third-order valence-electron chi connectivity index (χ3n) is 4.15. The van der Waals surface area contributed by atoms with Gasteiger partial charge in [-0.1, -0.05) is 30.3 Å². The van der Waals surface area contributed by atoms with Crippen molar-refractivity contribution in [2.45, 2.75) is 25.4 Å². The summed E-state index contributed by atoms with van der Waals surface area (Å²) >= 11 is 0. The van der Waals surface area contributed by atoms with Crippen LogP contribution >= 0.6 is 0 Å². The van der Waals surface area contributed by atoms with Crippen LogP contribution in [0, 0.1) is 0 Å². The minimum atomic E-state index is -0.261. The zero-order valence-electron chi connectivity index (χ0n) is 13.9. The number of rotatable bonds is 7. The highest BCUT2D eigenvalue weighted by atomic mass is 16.5. The summed E-state index contributed by atoms with van der Waals surface area (Å²) in [7, 11) is 0. The lowest BCUT2D eigenvalue weighted by Crippen LogP contribution is -2.33. The normalized spacial score (nSPS) is 15.4. The molecule has 1 atom stereocenters. The molecule has 1 aliphatic rings. The van der Waals surface area contributed by atoms with Crippen LogP contribution in [0.15, 0.2) is 48.8 Å². The van der Waals surface area contributed by atoms with Crippen molar-refractivity contribution < 1.29 is 14.3 Å². The van der Waals surface area contributed by atoms with E-state index in [1.54, 1.807) is 12.4 Å². The Hall–Kier alpha value is -2.73.